The third kappa shape index (κ3) is 3.64. The van der Waals surface area contributed by atoms with Gasteiger partial charge in [-0.15, -0.1) is 0 Å². The average Bonchev–Trinajstić information content (AvgIpc) is 3.02. The number of amides is 1. The Morgan fingerprint density at radius 3 is 2.54 bits per heavy atom. The van der Waals surface area contributed by atoms with Gasteiger partial charge in [0, 0.05) is 24.3 Å². The van der Waals surface area contributed by atoms with E-state index < -0.39 is 5.97 Å². The summed E-state index contributed by atoms with van der Waals surface area (Å²) in [5.41, 5.74) is 4.75. The molecule has 6 nitrogen and oxygen atoms in total. The highest BCUT2D eigenvalue weighted by molar-refractivity contribution is 5.94. The minimum Gasteiger partial charge on any atom is -0.481 e. The molecule has 138 valence electrons. The van der Waals surface area contributed by atoms with Crippen LogP contribution in [0.25, 0.3) is 5.69 Å². The summed E-state index contributed by atoms with van der Waals surface area (Å²) in [6.45, 7) is 4.58. The molecule has 1 aromatic carbocycles. The molecule has 1 heterocycles. The van der Waals surface area contributed by atoms with Gasteiger partial charge >= 0.3 is 5.97 Å². The molecule has 0 bridgehead atoms. The van der Waals surface area contributed by atoms with Crippen LogP contribution in [0.15, 0.2) is 24.3 Å². The summed E-state index contributed by atoms with van der Waals surface area (Å²) < 4.78 is 1.90. The Balaban J connectivity index is 1.98. The maximum atomic E-state index is 13.0. The Kier molecular flexibility index (Phi) is 5.40. The zero-order valence-corrected chi connectivity index (χ0v) is 15.4. The van der Waals surface area contributed by atoms with Crippen molar-refractivity contribution < 1.29 is 14.7 Å². The fourth-order valence-electron chi connectivity index (χ4n) is 3.45. The molecule has 1 aliphatic carbocycles. The number of carboxylic acid groups (broad SMARTS) is 1. The second-order valence-corrected chi connectivity index (χ2v) is 6.76. The molecule has 1 aliphatic rings. The number of aromatic nitrogens is 2. The molecule has 1 N–H and O–H groups in total. The van der Waals surface area contributed by atoms with E-state index in [1.165, 1.54) is 5.56 Å². The van der Waals surface area contributed by atoms with Crippen LogP contribution in [0.2, 0.25) is 0 Å². The first kappa shape index (κ1) is 18.2. The van der Waals surface area contributed by atoms with E-state index in [0.29, 0.717) is 12.2 Å². The number of carbonyl (C=O) groups is 2. The molecule has 0 saturated heterocycles. The van der Waals surface area contributed by atoms with Gasteiger partial charge in [-0.25, -0.2) is 4.68 Å². The molecule has 1 aromatic heterocycles. The van der Waals surface area contributed by atoms with E-state index in [1.54, 1.807) is 4.90 Å². The Bertz CT molecular complexity index is 808. The molecule has 0 spiro atoms. The highest BCUT2D eigenvalue weighted by atomic mass is 16.4. The van der Waals surface area contributed by atoms with E-state index in [1.807, 2.05) is 42.8 Å². The van der Waals surface area contributed by atoms with Crippen molar-refractivity contribution in [2.24, 2.45) is 0 Å². The van der Waals surface area contributed by atoms with Crippen molar-refractivity contribution in [2.45, 2.75) is 46.0 Å². The summed E-state index contributed by atoms with van der Waals surface area (Å²) in [6.07, 6.45) is 3.84. The Morgan fingerprint density at radius 1 is 1.19 bits per heavy atom. The van der Waals surface area contributed by atoms with E-state index in [9.17, 15) is 9.59 Å². The van der Waals surface area contributed by atoms with E-state index in [-0.39, 0.29) is 18.9 Å². The zero-order valence-electron chi connectivity index (χ0n) is 15.4. The van der Waals surface area contributed by atoms with E-state index in [4.69, 9.17) is 5.11 Å². The summed E-state index contributed by atoms with van der Waals surface area (Å²) in [7, 11) is 0. The van der Waals surface area contributed by atoms with Gasteiger partial charge in [0.15, 0.2) is 5.69 Å². The predicted molar refractivity (Wildman–Crippen MR) is 98.8 cm³/mol. The first-order valence-corrected chi connectivity index (χ1v) is 9.20. The second kappa shape index (κ2) is 7.72. The van der Waals surface area contributed by atoms with Crippen molar-refractivity contribution in [3.63, 3.8) is 0 Å². The van der Waals surface area contributed by atoms with Crippen molar-refractivity contribution in [1.29, 1.82) is 0 Å². The minimum atomic E-state index is -0.900. The highest BCUT2D eigenvalue weighted by Gasteiger charge is 2.28. The Hall–Kier alpha value is -2.63. The van der Waals surface area contributed by atoms with Crippen molar-refractivity contribution in [3.8, 4) is 5.69 Å². The zero-order chi connectivity index (χ0) is 18.7. The first-order valence-electron chi connectivity index (χ1n) is 9.20. The van der Waals surface area contributed by atoms with Crippen LogP contribution < -0.4 is 0 Å². The highest BCUT2D eigenvalue weighted by Crippen LogP contribution is 2.28. The molecule has 0 aliphatic heterocycles. The Labute approximate surface area is 153 Å². The molecule has 0 unspecified atom stereocenters. The van der Waals surface area contributed by atoms with Crippen molar-refractivity contribution in [1.82, 2.24) is 14.7 Å². The fourth-order valence-corrected chi connectivity index (χ4v) is 3.45. The van der Waals surface area contributed by atoms with Gasteiger partial charge in [-0.2, -0.15) is 5.10 Å². The summed E-state index contributed by atoms with van der Waals surface area (Å²) in [4.78, 5) is 25.5. The molecule has 0 fully saturated rings. The number of hydrogen-bond acceptors (Lipinski definition) is 3. The molecule has 26 heavy (non-hydrogen) atoms. The number of carbonyl (C=O) groups excluding carboxylic acids is 1. The minimum absolute atomic E-state index is 0.0551. The van der Waals surface area contributed by atoms with Crippen molar-refractivity contribution >= 4 is 11.9 Å². The number of aryl methyl sites for hydroxylation is 1. The van der Waals surface area contributed by atoms with Gasteiger partial charge in [0.25, 0.3) is 5.91 Å². The van der Waals surface area contributed by atoms with Gasteiger partial charge in [-0.3, -0.25) is 9.59 Å². The molecule has 2 aromatic rings. The molecule has 1 amide bonds. The van der Waals surface area contributed by atoms with E-state index >= 15 is 0 Å². The summed E-state index contributed by atoms with van der Waals surface area (Å²) in [5.74, 6) is -1.07. The SMILES string of the molecule is CCN(CCC(=O)O)C(=O)c1nn(-c2ccc(C)cc2)c2c1CCCC2. The van der Waals surface area contributed by atoms with Crippen molar-refractivity contribution in [3.05, 3.63) is 46.8 Å². The van der Waals surface area contributed by atoms with Gasteiger partial charge in [-0.05, 0) is 51.7 Å². The summed E-state index contributed by atoms with van der Waals surface area (Å²) >= 11 is 0. The number of carboxylic acids is 1. The number of benzene rings is 1. The van der Waals surface area contributed by atoms with Gasteiger partial charge in [0.2, 0.25) is 0 Å². The lowest BCUT2D eigenvalue weighted by atomic mass is 9.95. The lowest BCUT2D eigenvalue weighted by Gasteiger charge is -2.20. The molecule has 0 atom stereocenters. The number of nitrogens with zero attached hydrogens (tertiary/aromatic N) is 3. The Morgan fingerprint density at radius 2 is 1.88 bits per heavy atom. The van der Waals surface area contributed by atoms with Crippen LogP contribution >= 0.6 is 0 Å². The fraction of sp³-hybridized carbons (Fsp3) is 0.450. The molecular weight excluding hydrogens is 330 g/mol. The van der Waals surface area contributed by atoms with Gasteiger partial charge in [0.1, 0.15) is 0 Å². The van der Waals surface area contributed by atoms with Gasteiger partial charge < -0.3 is 10.0 Å². The largest absolute Gasteiger partial charge is 0.481 e. The topological polar surface area (TPSA) is 75.4 Å². The van der Waals surface area contributed by atoms with Crippen LogP contribution in [0, 0.1) is 6.92 Å². The van der Waals surface area contributed by atoms with Crippen LogP contribution in [0.3, 0.4) is 0 Å². The van der Waals surface area contributed by atoms with Crippen LogP contribution in [-0.2, 0) is 17.6 Å². The predicted octanol–water partition coefficient (Wildman–Crippen LogP) is 3.00. The lowest BCUT2D eigenvalue weighted by Crippen LogP contribution is -2.33. The normalized spacial score (nSPS) is 13.3. The number of aliphatic carboxylic acids is 1. The maximum Gasteiger partial charge on any atom is 0.305 e. The molecule has 3 rings (SSSR count). The van der Waals surface area contributed by atoms with Crippen LogP contribution in [0.1, 0.15) is 53.5 Å². The maximum absolute atomic E-state index is 13.0. The molecule has 0 radical (unpaired) electrons. The third-order valence-corrected chi connectivity index (χ3v) is 4.93. The number of fused-ring (bicyclic) bond motifs is 1. The molecule has 6 heteroatoms. The summed E-state index contributed by atoms with van der Waals surface area (Å²) in [6, 6.07) is 8.12. The third-order valence-electron chi connectivity index (χ3n) is 4.93. The molecule has 0 saturated carbocycles. The van der Waals surface area contributed by atoms with E-state index in [2.05, 4.69) is 5.10 Å². The lowest BCUT2D eigenvalue weighted by molar-refractivity contribution is -0.137. The summed E-state index contributed by atoms with van der Waals surface area (Å²) in [5, 5.41) is 13.6. The number of hydrogen-bond donors (Lipinski definition) is 1. The standard InChI is InChI=1S/C20H25N3O3/c1-3-22(13-12-18(24)25)20(26)19-16-6-4-5-7-17(16)23(21-19)15-10-8-14(2)9-11-15/h8-11H,3-7,12-13H2,1-2H3,(H,24,25). The number of rotatable bonds is 6. The first-order chi connectivity index (χ1) is 12.5. The van der Waals surface area contributed by atoms with E-state index in [0.717, 1.165) is 42.6 Å². The smallest absolute Gasteiger partial charge is 0.305 e. The van der Waals surface area contributed by atoms with Crippen LogP contribution in [0.4, 0.5) is 0 Å². The quantitative estimate of drug-likeness (QED) is 0.864. The van der Waals surface area contributed by atoms with Crippen LogP contribution in [-0.4, -0.2) is 44.8 Å². The molecular formula is C20H25N3O3. The van der Waals surface area contributed by atoms with Gasteiger partial charge in [0.05, 0.1) is 12.1 Å². The monoisotopic (exact) mass is 355 g/mol. The van der Waals surface area contributed by atoms with Crippen LogP contribution in [0.5, 0.6) is 0 Å². The average molecular weight is 355 g/mol. The van der Waals surface area contributed by atoms with Gasteiger partial charge in [-0.1, -0.05) is 17.7 Å². The van der Waals surface area contributed by atoms with Crippen molar-refractivity contribution in [2.75, 3.05) is 13.1 Å². The second-order valence-electron chi connectivity index (χ2n) is 6.76.